The molecule has 1 fully saturated rings. The van der Waals surface area contributed by atoms with E-state index in [2.05, 4.69) is 16.3 Å². The van der Waals surface area contributed by atoms with Crippen LogP contribution < -0.4 is 10.2 Å². The first-order valence-electron chi connectivity index (χ1n) is 9.85. The molecule has 2 aromatic rings. The fourth-order valence-corrected chi connectivity index (χ4v) is 5.20. The van der Waals surface area contributed by atoms with Crippen molar-refractivity contribution < 1.29 is 17.9 Å². The molecule has 4 rings (SSSR count). The second-order valence-electron chi connectivity index (χ2n) is 7.24. The van der Waals surface area contributed by atoms with E-state index >= 15 is 0 Å². The Labute approximate surface area is 171 Å². The van der Waals surface area contributed by atoms with Crippen molar-refractivity contribution >= 4 is 27.3 Å². The summed E-state index contributed by atoms with van der Waals surface area (Å²) >= 11 is 0. The minimum atomic E-state index is -3.53. The van der Waals surface area contributed by atoms with Crippen molar-refractivity contribution in [3.63, 3.8) is 0 Å². The number of hydrogen-bond donors (Lipinski definition) is 1. The van der Waals surface area contributed by atoms with Crippen molar-refractivity contribution in [2.75, 3.05) is 49.6 Å². The lowest BCUT2D eigenvalue weighted by molar-refractivity contribution is -0.115. The topological polar surface area (TPSA) is 79.0 Å². The minimum absolute atomic E-state index is 0.120. The van der Waals surface area contributed by atoms with E-state index in [4.69, 9.17) is 4.74 Å². The largest absolute Gasteiger partial charge is 0.379 e. The number of morpholine rings is 1. The number of hydrogen-bond acceptors (Lipinski definition) is 5. The first-order chi connectivity index (χ1) is 14.0. The number of carbonyl (C=O) groups excluding carboxylic acids is 1. The molecule has 0 unspecified atom stereocenters. The van der Waals surface area contributed by atoms with E-state index in [0.29, 0.717) is 32.0 Å². The second-order valence-corrected chi connectivity index (χ2v) is 9.18. The molecule has 154 valence electrons. The van der Waals surface area contributed by atoms with Gasteiger partial charge in [0.05, 0.1) is 24.7 Å². The summed E-state index contributed by atoms with van der Waals surface area (Å²) < 4.78 is 32.0. The number of carbonyl (C=O) groups is 1. The Morgan fingerprint density at radius 2 is 1.72 bits per heavy atom. The molecule has 2 aromatic carbocycles. The number of nitrogens with one attached hydrogen (secondary N) is 1. The van der Waals surface area contributed by atoms with Gasteiger partial charge in [-0.1, -0.05) is 18.2 Å². The molecule has 7 nitrogen and oxygen atoms in total. The molecule has 0 atom stereocenters. The van der Waals surface area contributed by atoms with E-state index in [1.165, 1.54) is 22.0 Å². The Morgan fingerprint density at radius 3 is 2.48 bits per heavy atom. The highest BCUT2D eigenvalue weighted by Gasteiger charge is 2.26. The summed E-state index contributed by atoms with van der Waals surface area (Å²) in [4.78, 5) is 14.8. The number of amides is 1. The van der Waals surface area contributed by atoms with Gasteiger partial charge in [0, 0.05) is 31.0 Å². The van der Waals surface area contributed by atoms with E-state index in [1.807, 2.05) is 18.2 Å². The molecule has 0 bridgehead atoms. The van der Waals surface area contributed by atoms with Crippen molar-refractivity contribution in [1.29, 1.82) is 0 Å². The third-order valence-electron chi connectivity index (χ3n) is 5.29. The Kier molecular flexibility index (Phi) is 5.84. The van der Waals surface area contributed by atoms with Crippen LogP contribution in [0.1, 0.15) is 12.0 Å². The van der Waals surface area contributed by atoms with Gasteiger partial charge in [-0.3, -0.25) is 4.79 Å². The number of benzene rings is 2. The summed E-state index contributed by atoms with van der Waals surface area (Å²) in [6.45, 7) is 2.66. The maximum absolute atomic E-state index is 12.7. The normalized spacial score (nSPS) is 17.6. The second kappa shape index (κ2) is 8.52. The summed E-state index contributed by atoms with van der Waals surface area (Å²) in [5.74, 6) is -0.120. The molecule has 1 saturated heterocycles. The van der Waals surface area contributed by atoms with Gasteiger partial charge in [-0.15, -0.1) is 0 Å². The van der Waals surface area contributed by atoms with E-state index in [1.54, 1.807) is 12.1 Å². The zero-order valence-electron chi connectivity index (χ0n) is 16.2. The van der Waals surface area contributed by atoms with Crippen LogP contribution in [0, 0.1) is 0 Å². The summed E-state index contributed by atoms with van der Waals surface area (Å²) in [6.07, 6.45) is 2.06. The number of aryl methyl sites for hydroxylation is 1. The monoisotopic (exact) mass is 415 g/mol. The molecular formula is C21H25N3O4S. The van der Waals surface area contributed by atoms with Crippen LogP contribution in [0.3, 0.4) is 0 Å². The van der Waals surface area contributed by atoms with Gasteiger partial charge in [0.15, 0.2) is 0 Å². The molecule has 0 spiro atoms. The number of fused-ring (bicyclic) bond motifs is 1. The Morgan fingerprint density at radius 1 is 1.00 bits per heavy atom. The van der Waals surface area contributed by atoms with Crippen LogP contribution in [-0.4, -0.2) is 58.0 Å². The minimum Gasteiger partial charge on any atom is -0.379 e. The maximum Gasteiger partial charge on any atom is 0.243 e. The van der Waals surface area contributed by atoms with Gasteiger partial charge in [-0.2, -0.15) is 4.31 Å². The van der Waals surface area contributed by atoms with Crippen molar-refractivity contribution in [3.8, 4) is 0 Å². The van der Waals surface area contributed by atoms with Crippen LogP contribution in [0.15, 0.2) is 53.4 Å². The quantitative estimate of drug-likeness (QED) is 0.809. The van der Waals surface area contributed by atoms with Gasteiger partial charge in [0.2, 0.25) is 15.9 Å². The first-order valence-corrected chi connectivity index (χ1v) is 11.3. The summed E-state index contributed by atoms with van der Waals surface area (Å²) in [6, 6.07) is 14.5. The Bertz CT molecular complexity index is 970. The number of para-hydroxylation sites is 1. The third-order valence-corrected chi connectivity index (χ3v) is 7.20. The van der Waals surface area contributed by atoms with Crippen LogP contribution >= 0.6 is 0 Å². The van der Waals surface area contributed by atoms with Crippen molar-refractivity contribution in [1.82, 2.24) is 4.31 Å². The molecule has 0 saturated carbocycles. The predicted octanol–water partition coefficient (Wildman–Crippen LogP) is 2.10. The summed E-state index contributed by atoms with van der Waals surface area (Å²) in [5.41, 5.74) is 2.96. The van der Waals surface area contributed by atoms with Gasteiger partial charge < -0.3 is 15.0 Å². The number of nitrogens with zero attached hydrogens (tertiary/aromatic N) is 2. The molecule has 0 radical (unpaired) electrons. The lowest BCUT2D eigenvalue weighted by Gasteiger charge is -2.30. The first kappa shape index (κ1) is 19.9. The van der Waals surface area contributed by atoms with E-state index in [9.17, 15) is 13.2 Å². The summed E-state index contributed by atoms with van der Waals surface area (Å²) in [5, 5.41) is 2.87. The molecule has 2 heterocycles. The molecule has 2 aliphatic heterocycles. The third kappa shape index (κ3) is 4.44. The Balaban J connectivity index is 1.40. The molecule has 29 heavy (non-hydrogen) atoms. The highest BCUT2D eigenvalue weighted by atomic mass is 32.2. The van der Waals surface area contributed by atoms with E-state index in [0.717, 1.165) is 25.1 Å². The molecular weight excluding hydrogens is 390 g/mol. The van der Waals surface area contributed by atoms with Gasteiger partial charge in [0.1, 0.15) is 0 Å². The smallest absolute Gasteiger partial charge is 0.243 e. The van der Waals surface area contributed by atoms with Crippen LogP contribution in [-0.2, 0) is 26.0 Å². The predicted molar refractivity (Wildman–Crippen MR) is 112 cm³/mol. The van der Waals surface area contributed by atoms with Crippen molar-refractivity contribution in [3.05, 3.63) is 54.1 Å². The number of anilines is 2. The molecule has 0 aromatic heterocycles. The molecule has 2 aliphatic rings. The van der Waals surface area contributed by atoms with E-state index < -0.39 is 10.0 Å². The van der Waals surface area contributed by atoms with Crippen molar-refractivity contribution in [2.24, 2.45) is 0 Å². The highest BCUT2D eigenvalue weighted by molar-refractivity contribution is 7.89. The standard InChI is InChI=1S/C21H25N3O4S/c25-21(16-23-11-3-5-17-4-1-2-6-20(17)23)22-18-7-9-19(10-8-18)29(26,27)24-12-14-28-15-13-24/h1-2,4,6-10H,3,5,11-16H2,(H,22,25). The maximum atomic E-state index is 12.7. The molecule has 1 N–H and O–H groups in total. The van der Waals surface area contributed by atoms with Crippen LogP contribution in [0.5, 0.6) is 0 Å². The molecule has 1 amide bonds. The van der Waals surface area contributed by atoms with Gasteiger partial charge >= 0.3 is 0 Å². The number of ether oxygens (including phenoxy) is 1. The average molecular weight is 416 g/mol. The number of sulfonamides is 1. The molecule has 0 aliphatic carbocycles. The fourth-order valence-electron chi connectivity index (χ4n) is 3.80. The van der Waals surface area contributed by atoms with Gasteiger partial charge in [-0.05, 0) is 48.7 Å². The van der Waals surface area contributed by atoms with Crippen LogP contribution in [0.4, 0.5) is 11.4 Å². The highest BCUT2D eigenvalue weighted by Crippen LogP contribution is 2.26. The average Bonchev–Trinajstić information content (AvgIpc) is 2.75. The molecule has 8 heteroatoms. The van der Waals surface area contributed by atoms with Gasteiger partial charge in [0.25, 0.3) is 0 Å². The van der Waals surface area contributed by atoms with Crippen molar-refractivity contribution in [2.45, 2.75) is 17.7 Å². The summed E-state index contributed by atoms with van der Waals surface area (Å²) in [7, 11) is -3.53. The number of rotatable bonds is 5. The van der Waals surface area contributed by atoms with Gasteiger partial charge in [-0.25, -0.2) is 8.42 Å². The van der Waals surface area contributed by atoms with Crippen LogP contribution in [0.2, 0.25) is 0 Å². The SMILES string of the molecule is O=C(CN1CCCc2ccccc21)Nc1ccc(S(=O)(=O)N2CCOCC2)cc1. The van der Waals surface area contributed by atoms with E-state index in [-0.39, 0.29) is 17.3 Å². The zero-order valence-corrected chi connectivity index (χ0v) is 17.0. The Hall–Kier alpha value is -2.42. The fraction of sp³-hybridized carbons (Fsp3) is 0.381. The lowest BCUT2D eigenvalue weighted by Crippen LogP contribution is -2.40. The zero-order chi connectivity index (χ0) is 20.3. The van der Waals surface area contributed by atoms with Crippen LogP contribution in [0.25, 0.3) is 0 Å². The lowest BCUT2D eigenvalue weighted by atomic mass is 10.0.